The zero-order valence-corrected chi connectivity index (χ0v) is 11.5. The summed E-state index contributed by atoms with van der Waals surface area (Å²) >= 11 is 3.37. The topological polar surface area (TPSA) is 37.8 Å². The first-order valence-corrected chi connectivity index (χ1v) is 6.48. The molecule has 1 aromatic heterocycles. The highest BCUT2D eigenvalue weighted by Crippen LogP contribution is 2.19. The predicted octanol–water partition coefficient (Wildman–Crippen LogP) is 3.40. The molecule has 5 heteroatoms. The minimum absolute atomic E-state index is 0.228. The van der Waals surface area contributed by atoms with Gasteiger partial charge in [-0.25, -0.2) is 14.4 Å². The number of hydrogen-bond acceptors (Lipinski definition) is 3. The molecular weight excluding hydrogens is 297 g/mol. The summed E-state index contributed by atoms with van der Waals surface area (Å²) in [5, 5.41) is 3.12. The predicted molar refractivity (Wildman–Crippen MR) is 73.1 cm³/mol. The molecule has 3 nitrogen and oxygen atoms in total. The Hall–Kier alpha value is -1.49. The Kier molecular flexibility index (Phi) is 4.25. The molecule has 0 amide bonds. The summed E-state index contributed by atoms with van der Waals surface area (Å²) in [5.74, 6) is 1.10. The molecular formula is C13H13BrFN3. The van der Waals surface area contributed by atoms with Crippen LogP contribution in [-0.2, 0) is 6.42 Å². The van der Waals surface area contributed by atoms with Crippen LogP contribution in [0.3, 0.4) is 0 Å². The number of nitrogens with zero attached hydrogens (tertiary/aromatic N) is 2. The molecule has 1 heterocycles. The fourth-order valence-electron chi connectivity index (χ4n) is 1.59. The Morgan fingerprint density at radius 1 is 1.33 bits per heavy atom. The summed E-state index contributed by atoms with van der Waals surface area (Å²) in [6.45, 7) is 2.76. The van der Waals surface area contributed by atoms with Crippen LogP contribution in [0.25, 0.3) is 0 Å². The second-order valence-electron chi connectivity index (χ2n) is 3.78. The Balaban J connectivity index is 2.24. The zero-order valence-electron chi connectivity index (χ0n) is 9.95. The second kappa shape index (κ2) is 5.91. The summed E-state index contributed by atoms with van der Waals surface area (Å²) in [4.78, 5) is 8.56. The van der Waals surface area contributed by atoms with E-state index >= 15 is 0 Å². The van der Waals surface area contributed by atoms with E-state index in [4.69, 9.17) is 0 Å². The van der Waals surface area contributed by atoms with Crippen LogP contribution < -0.4 is 5.32 Å². The number of aromatic nitrogens is 2. The highest BCUT2D eigenvalue weighted by atomic mass is 79.9. The van der Waals surface area contributed by atoms with E-state index in [1.807, 2.05) is 13.0 Å². The molecule has 1 N–H and O–H groups in total. The first-order chi connectivity index (χ1) is 8.70. The number of nitrogens with one attached hydrogen (secondary N) is 1. The van der Waals surface area contributed by atoms with Gasteiger partial charge in [0.15, 0.2) is 0 Å². The zero-order chi connectivity index (χ0) is 13.0. The Morgan fingerprint density at radius 3 is 2.83 bits per heavy atom. The third kappa shape index (κ3) is 3.04. The molecule has 0 saturated heterocycles. The van der Waals surface area contributed by atoms with Crippen LogP contribution >= 0.6 is 15.9 Å². The maximum Gasteiger partial charge on any atom is 0.144 e. The van der Waals surface area contributed by atoms with Crippen molar-refractivity contribution in [3.63, 3.8) is 0 Å². The van der Waals surface area contributed by atoms with Crippen LogP contribution in [0, 0.1) is 5.82 Å². The average Bonchev–Trinajstić information content (AvgIpc) is 2.36. The Morgan fingerprint density at radius 2 is 2.11 bits per heavy atom. The van der Waals surface area contributed by atoms with E-state index in [-0.39, 0.29) is 5.82 Å². The van der Waals surface area contributed by atoms with Gasteiger partial charge in [0.05, 0.1) is 4.47 Å². The van der Waals surface area contributed by atoms with Crippen molar-refractivity contribution in [1.29, 1.82) is 0 Å². The van der Waals surface area contributed by atoms with Gasteiger partial charge in [0.25, 0.3) is 0 Å². The van der Waals surface area contributed by atoms with Gasteiger partial charge < -0.3 is 5.32 Å². The first kappa shape index (κ1) is 13.0. The van der Waals surface area contributed by atoms with Gasteiger partial charge in [-0.15, -0.1) is 0 Å². The third-order valence-electron chi connectivity index (χ3n) is 2.44. The summed E-state index contributed by atoms with van der Waals surface area (Å²) in [7, 11) is 0. The van der Waals surface area contributed by atoms with E-state index in [0.717, 1.165) is 16.8 Å². The number of rotatable bonds is 4. The normalized spacial score (nSPS) is 10.4. The van der Waals surface area contributed by atoms with Gasteiger partial charge in [0, 0.05) is 19.2 Å². The number of hydrogen-bond donors (Lipinski definition) is 1. The molecule has 0 aliphatic heterocycles. The highest BCUT2D eigenvalue weighted by molar-refractivity contribution is 9.10. The molecule has 0 unspecified atom stereocenters. The summed E-state index contributed by atoms with van der Waals surface area (Å²) in [6.07, 6.45) is 2.07. The molecule has 0 aliphatic carbocycles. The van der Waals surface area contributed by atoms with Gasteiger partial charge in [-0.1, -0.05) is 18.2 Å². The van der Waals surface area contributed by atoms with E-state index in [9.17, 15) is 4.39 Å². The van der Waals surface area contributed by atoms with E-state index in [1.165, 1.54) is 6.07 Å². The van der Waals surface area contributed by atoms with Crippen molar-refractivity contribution in [3.05, 3.63) is 52.1 Å². The van der Waals surface area contributed by atoms with Gasteiger partial charge in [0.2, 0.25) is 0 Å². The van der Waals surface area contributed by atoms with Gasteiger partial charge in [0.1, 0.15) is 17.5 Å². The lowest BCUT2D eigenvalue weighted by Gasteiger charge is -2.07. The SMILES string of the molecule is CCNc1nc(Cc2ccccc2F)ncc1Br. The van der Waals surface area contributed by atoms with Crippen molar-refractivity contribution in [2.45, 2.75) is 13.3 Å². The molecule has 0 saturated carbocycles. The maximum atomic E-state index is 13.5. The number of anilines is 1. The van der Waals surface area contributed by atoms with Gasteiger partial charge >= 0.3 is 0 Å². The lowest BCUT2D eigenvalue weighted by atomic mass is 10.1. The van der Waals surface area contributed by atoms with Gasteiger partial charge in [-0.3, -0.25) is 0 Å². The largest absolute Gasteiger partial charge is 0.369 e. The third-order valence-corrected chi connectivity index (χ3v) is 3.02. The Labute approximate surface area is 114 Å². The molecule has 0 aliphatic rings. The lowest BCUT2D eigenvalue weighted by molar-refractivity contribution is 0.612. The number of halogens is 2. The van der Waals surface area contributed by atoms with Crippen LogP contribution in [-0.4, -0.2) is 16.5 Å². The minimum atomic E-state index is -0.228. The van der Waals surface area contributed by atoms with Crippen molar-refractivity contribution in [2.75, 3.05) is 11.9 Å². The van der Waals surface area contributed by atoms with Crippen LogP contribution in [0.2, 0.25) is 0 Å². The smallest absolute Gasteiger partial charge is 0.144 e. The minimum Gasteiger partial charge on any atom is -0.369 e. The molecule has 18 heavy (non-hydrogen) atoms. The number of benzene rings is 1. The van der Waals surface area contributed by atoms with E-state index in [1.54, 1.807) is 18.3 Å². The van der Waals surface area contributed by atoms with E-state index < -0.39 is 0 Å². The summed E-state index contributed by atoms with van der Waals surface area (Å²) in [5.41, 5.74) is 0.599. The molecule has 2 rings (SSSR count). The van der Waals surface area contributed by atoms with E-state index in [0.29, 0.717) is 17.8 Å². The lowest BCUT2D eigenvalue weighted by Crippen LogP contribution is -2.05. The molecule has 1 aromatic carbocycles. The van der Waals surface area contributed by atoms with Crippen LogP contribution in [0.4, 0.5) is 10.2 Å². The molecule has 0 bridgehead atoms. The summed E-state index contributed by atoms with van der Waals surface area (Å²) < 4.78 is 14.3. The van der Waals surface area contributed by atoms with Crippen molar-refractivity contribution in [3.8, 4) is 0 Å². The van der Waals surface area contributed by atoms with Crippen molar-refractivity contribution in [2.24, 2.45) is 0 Å². The van der Waals surface area contributed by atoms with Crippen molar-refractivity contribution in [1.82, 2.24) is 9.97 Å². The molecule has 0 spiro atoms. The molecule has 0 fully saturated rings. The maximum absolute atomic E-state index is 13.5. The van der Waals surface area contributed by atoms with Crippen LogP contribution in [0.15, 0.2) is 34.9 Å². The molecule has 0 radical (unpaired) electrons. The second-order valence-corrected chi connectivity index (χ2v) is 4.64. The molecule has 94 valence electrons. The standard InChI is InChI=1S/C13H13BrFN3/c1-2-16-13-10(14)8-17-12(18-13)7-9-5-3-4-6-11(9)15/h3-6,8H,2,7H2,1H3,(H,16,17,18). The van der Waals surface area contributed by atoms with E-state index in [2.05, 4.69) is 31.2 Å². The van der Waals surface area contributed by atoms with Crippen molar-refractivity contribution < 1.29 is 4.39 Å². The van der Waals surface area contributed by atoms with Crippen LogP contribution in [0.1, 0.15) is 18.3 Å². The molecule has 0 atom stereocenters. The fourth-order valence-corrected chi connectivity index (χ4v) is 1.92. The molecule has 2 aromatic rings. The Bertz CT molecular complexity index is 546. The van der Waals surface area contributed by atoms with Gasteiger partial charge in [-0.05, 0) is 34.5 Å². The van der Waals surface area contributed by atoms with Gasteiger partial charge in [-0.2, -0.15) is 0 Å². The first-order valence-electron chi connectivity index (χ1n) is 5.69. The monoisotopic (exact) mass is 309 g/mol. The van der Waals surface area contributed by atoms with Crippen molar-refractivity contribution >= 4 is 21.7 Å². The van der Waals surface area contributed by atoms with Crippen LogP contribution in [0.5, 0.6) is 0 Å². The fraction of sp³-hybridized carbons (Fsp3) is 0.231. The quantitative estimate of drug-likeness (QED) is 0.940. The summed E-state index contributed by atoms with van der Waals surface area (Å²) in [6, 6.07) is 6.67. The average molecular weight is 310 g/mol. The highest BCUT2D eigenvalue weighted by Gasteiger charge is 2.07.